The number of rotatable bonds is 5. The Morgan fingerprint density at radius 2 is 1.97 bits per heavy atom. The number of likely N-dealkylation sites (tertiary alicyclic amines) is 1. The Balaban J connectivity index is 1.29. The third-order valence-corrected chi connectivity index (χ3v) is 6.14. The van der Waals surface area contributed by atoms with Crippen LogP contribution in [0, 0.1) is 6.92 Å². The molecular formula is C24H25N9. The summed E-state index contributed by atoms with van der Waals surface area (Å²) in [6.07, 6.45) is 13.3. The van der Waals surface area contributed by atoms with E-state index in [1.807, 2.05) is 42.2 Å². The van der Waals surface area contributed by atoms with Gasteiger partial charge in [0.2, 0.25) is 0 Å². The number of H-pyrrole nitrogens is 2. The van der Waals surface area contributed by atoms with Crippen LogP contribution in [0.25, 0.3) is 39.6 Å². The number of aromatic nitrogens is 8. The molecule has 0 atom stereocenters. The molecule has 6 heterocycles. The summed E-state index contributed by atoms with van der Waals surface area (Å²) in [5, 5.41) is 7.65. The Hall–Kier alpha value is -3.85. The van der Waals surface area contributed by atoms with Crippen molar-refractivity contribution < 1.29 is 0 Å². The molecule has 9 nitrogen and oxygen atoms in total. The molecule has 0 spiro atoms. The lowest BCUT2D eigenvalue weighted by atomic mass is 10.1. The smallest absolute Gasteiger partial charge is 0.180 e. The molecule has 0 aromatic carbocycles. The lowest BCUT2D eigenvalue weighted by Gasteiger charge is -2.26. The average molecular weight is 440 g/mol. The van der Waals surface area contributed by atoms with Crippen LogP contribution in [-0.4, -0.2) is 57.7 Å². The van der Waals surface area contributed by atoms with E-state index in [1.54, 1.807) is 12.5 Å². The molecule has 33 heavy (non-hydrogen) atoms. The number of hydrogen-bond donors (Lipinski definition) is 2. The van der Waals surface area contributed by atoms with Crippen LogP contribution in [0.4, 0.5) is 0 Å². The maximum atomic E-state index is 4.68. The molecule has 6 rings (SSSR count). The summed E-state index contributed by atoms with van der Waals surface area (Å²) < 4.78 is 1.97. The van der Waals surface area contributed by atoms with Crippen LogP contribution in [0.3, 0.4) is 0 Å². The minimum Gasteiger partial charge on any atom is -0.334 e. The van der Waals surface area contributed by atoms with Gasteiger partial charge in [-0.3, -0.25) is 15.0 Å². The van der Waals surface area contributed by atoms with Gasteiger partial charge < -0.3 is 9.55 Å². The SMILES string of the molecule is Cc1cn(-c2ccnc3nc(-c4cc(-c5cncc(CN6CCCCC6)c5)n[nH]4)[nH]c23)cn1. The topological polar surface area (TPSA) is 104 Å². The molecule has 5 aromatic heterocycles. The van der Waals surface area contributed by atoms with Gasteiger partial charge in [0.1, 0.15) is 11.2 Å². The molecule has 0 aliphatic carbocycles. The zero-order valence-corrected chi connectivity index (χ0v) is 18.5. The minimum atomic E-state index is 0.648. The quantitative estimate of drug-likeness (QED) is 0.431. The van der Waals surface area contributed by atoms with Crippen LogP contribution in [0.1, 0.15) is 30.5 Å². The first-order valence-electron chi connectivity index (χ1n) is 11.3. The molecule has 5 aromatic rings. The molecule has 2 N–H and O–H groups in total. The van der Waals surface area contributed by atoms with Gasteiger partial charge in [-0.15, -0.1) is 0 Å². The number of aryl methyl sites for hydroxylation is 1. The normalized spacial score (nSPS) is 14.8. The van der Waals surface area contributed by atoms with Gasteiger partial charge in [0.15, 0.2) is 11.5 Å². The predicted octanol–water partition coefficient (Wildman–Crippen LogP) is 3.89. The Kier molecular flexibility index (Phi) is 4.95. The molecule has 1 saturated heterocycles. The van der Waals surface area contributed by atoms with Crippen LogP contribution in [0.15, 0.2) is 49.3 Å². The third kappa shape index (κ3) is 3.91. The van der Waals surface area contributed by atoms with Crippen LogP contribution in [0.2, 0.25) is 0 Å². The van der Waals surface area contributed by atoms with Crippen molar-refractivity contribution in [2.75, 3.05) is 13.1 Å². The number of imidazole rings is 2. The molecule has 0 saturated carbocycles. The standard InChI is InChI=1S/C24H25N9/c1-16-13-33(15-27-16)21-5-6-26-24-22(21)28-23(29-24)20-10-19(30-31-20)18-9-17(11-25-12-18)14-32-7-3-2-4-8-32/h5-6,9-13,15H,2-4,7-8,14H2,1H3,(H,30,31)(H,26,28,29). The average Bonchev–Trinajstić information content (AvgIpc) is 3.59. The number of nitrogens with one attached hydrogen (secondary N) is 2. The van der Waals surface area contributed by atoms with Crippen molar-refractivity contribution in [3.8, 4) is 28.5 Å². The summed E-state index contributed by atoms with van der Waals surface area (Å²) in [6.45, 7) is 5.23. The highest BCUT2D eigenvalue weighted by molar-refractivity contribution is 5.83. The summed E-state index contributed by atoms with van der Waals surface area (Å²) >= 11 is 0. The van der Waals surface area contributed by atoms with E-state index in [-0.39, 0.29) is 0 Å². The van der Waals surface area contributed by atoms with Gasteiger partial charge in [-0.05, 0) is 56.6 Å². The van der Waals surface area contributed by atoms with Crippen molar-refractivity contribution in [2.24, 2.45) is 0 Å². The Bertz CT molecular complexity index is 1400. The van der Waals surface area contributed by atoms with Crippen LogP contribution < -0.4 is 0 Å². The zero-order chi connectivity index (χ0) is 22.2. The molecule has 9 heteroatoms. The van der Waals surface area contributed by atoms with Gasteiger partial charge in [0.05, 0.1) is 23.4 Å². The van der Waals surface area contributed by atoms with Gasteiger partial charge >= 0.3 is 0 Å². The molecule has 0 bridgehead atoms. The van der Waals surface area contributed by atoms with Crippen LogP contribution >= 0.6 is 0 Å². The van der Waals surface area contributed by atoms with E-state index < -0.39 is 0 Å². The molecular weight excluding hydrogens is 414 g/mol. The van der Waals surface area contributed by atoms with E-state index in [2.05, 4.69) is 46.1 Å². The van der Waals surface area contributed by atoms with E-state index in [4.69, 9.17) is 0 Å². The number of nitrogens with zero attached hydrogens (tertiary/aromatic N) is 7. The fourth-order valence-electron chi connectivity index (χ4n) is 4.47. The number of fused-ring (bicyclic) bond motifs is 1. The van der Waals surface area contributed by atoms with Crippen molar-refractivity contribution in [3.05, 3.63) is 60.6 Å². The Morgan fingerprint density at radius 3 is 2.82 bits per heavy atom. The molecule has 0 radical (unpaired) electrons. The highest BCUT2D eigenvalue weighted by atomic mass is 15.2. The summed E-state index contributed by atoms with van der Waals surface area (Å²) in [6, 6.07) is 6.13. The molecule has 0 unspecified atom stereocenters. The number of hydrogen-bond acceptors (Lipinski definition) is 6. The first-order valence-corrected chi connectivity index (χ1v) is 11.3. The monoisotopic (exact) mass is 439 g/mol. The van der Waals surface area contributed by atoms with Gasteiger partial charge in [-0.1, -0.05) is 6.42 Å². The van der Waals surface area contributed by atoms with E-state index in [0.717, 1.165) is 53.5 Å². The molecule has 1 fully saturated rings. The van der Waals surface area contributed by atoms with Crippen molar-refractivity contribution in [1.82, 2.24) is 44.6 Å². The van der Waals surface area contributed by atoms with E-state index in [9.17, 15) is 0 Å². The van der Waals surface area contributed by atoms with Gasteiger partial charge in [-0.2, -0.15) is 5.10 Å². The second-order valence-corrected chi connectivity index (χ2v) is 8.62. The van der Waals surface area contributed by atoms with E-state index in [1.165, 1.54) is 24.8 Å². The Morgan fingerprint density at radius 1 is 1.06 bits per heavy atom. The number of aromatic amines is 2. The van der Waals surface area contributed by atoms with Gasteiger partial charge in [0, 0.05) is 36.9 Å². The molecule has 166 valence electrons. The Labute approximate surface area is 190 Å². The lowest BCUT2D eigenvalue weighted by molar-refractivity contribution is 0.220. The fraction of sp³-hybridized carbons (Fsp3) is 0.292. The van der Waals surface area contributed by atoms with Crippen molar-refractivity contribution in [2.45, 2.75) is 32.7 Å². The second kappa shape index (κ2) is 8.25. The predicted molar refractivity (Wildman–Crippen MR) is 126 cm³/mol. The fourth-order valence-corrected chi connectivity index (χ4v) is 4.47. The molecule has 0 amide bonds. The number of pyridine rings is 2. The van der Waals surface area contributed by atoms with Crippen LogP contribution in [0.5, 0.6) is 0 Å². The van der Waals surface area contributed by atoms with Crippen molar-refractivity contribution in [3.63, 3.8) is 0 Å². The first kappa shape index (κ1) is 19.8. The highest BCUT2D eigenvalue weighted by Crippen LogP contribution is 2.26. The lowest BCUT2D eigenvalue weighted by Crippen LogP contribution is -2.29. The van der Waals surface area contributed by atoms with Crippen LogP contribution in [-0.2, 0) is 6.54 Å². The first-order chi connectivity index (χ1) is 16.2. The second-order valence-electron chi connectivity index (χ2n) is 8.62. The highest BCUT2D eigenvalue weighted by Gasteiger charge is 2.15. The van der Waals surface area contributed by atoms with E-state index >= 15 is 0 Å². The summed E-state index contributed by atoms with van der Waals surface area (Å²) in [4.78, 5) is 23.8. The maximum Gasteiger partial charge on any atom is 0.180 e. The third-order valence-electron chi connectivity index (χ3n) is 6.14. The van der Waals surface area contributed by atoms with Crippen molar-refractivity contribution in [1.29, 1.82) is 0 Å². The summed E-state index contributed by atoms with van der Waals surface area (Å²) in [5.41, 5.74) is 7.27. The maximum absolute atomic E-state index is 4.68. The number of piperidine rings is 1. The van der Waals surface area contributed by atoms with Crippen molar-refractivity contribution >= 4 is 11.2 Å². The summed E-state index contributed by atoms with van der Waals surface area (Å²) in [5.74, 6) is 0.693. The summed E-state index contributed by atoms with van der Waals surface area (Å²) in [7, 11) is 0. The van der Waals surface area contributed by atoms with Gasteiger partial charge in [0.25, 0.3) is 0 Å². The molecule has 1 aliphatic rings. The molecule has 1 aliphatic heterocycles. The minimum absolute atomic E-state index is 0.648. The van der Waals surface area contributed by atoms with Gasteiger partial charge in [-0.25, -0.2) is 15.0 Å². The largest absolute Gasteiger partial charge is 0.334 e. The zero-order valence-electron chi connectivity index (χ0n) is 18.5. The van der Waals surface area contributed by atoms with E-state index in [0.29, 0.717) is 11.5 Å².